The van der Waals surface area contributed by atoms with Crippen molar-refractivity contribution in [2.24, 2.45) is 5.10 Å². The van der Waals surface area contributed by atoms with Crippen LogP contribution in [-0.4, -0.2) is 62.5 Å². The topological polar surface area (TPSA) is 91.3 Å². The molecule has 10 heteroatoms. The van der Waals surface area contributed by atoms with Gasteiger partial charge in [0.15, 0.2) is 0 Å². The maximum Gasteiger partial charge on any atom is 0.254 e. The Morgan fingerprint density at radius 3 is 2.28 bits per heavy atom. The molecule has 36 heavy (non-hydrogen) atoms. The Morgan fingerprint density at radius 1 is 0.944 bits per heavy atom. The van der Waals surface area contributed by atoms with Gasteiger partial charge in [-0.2, -0.15) is 9.41 Å². The molecule has 0 saturated carbocycles. The molecule has 1 aliphatic heterocycles. The maximum atomic E-state index is 12.8. The third-order valence-corrected chi connectivity index (χ3v) is 8.12. The minimum Gasteiger partial charge on any atom is -0.489 e. The van der Waals surface area contributed by atoms with E-state index >= 15 is 0 Å². The van der Waals surface area contributed by atoms with Crippen LogP contribution in [0, 0.1) is 0 Å². The highest BCUT2D eigenvalue weighted by molar-refractivity contribution is 9.10. The third kappa shape index (κ3) is 7.23. The van der Waals surface area contributed by atoms with Crippen LogP contribution < -0.4 is 10.2 Å². The molecule has 3 aromatic rings. The van der Waals surface area contributed by atoms with E-state index in [0.29, 0.717) is 32.8 Å². The lowest BCUT2D eigenvalue weighted by Crippen LogP contribution is -2.50. The minimum absolute atomic E-state index is 0.149. The van der Waals surface area contributed by atoms with Gasteiger partial charge in [-0.1, -0.05) is 46.3 Å². The van der Waals surface area contributed by atoms with Gasteiger partial charge in [0.05, 0.1) is 17.7 Å². The van der Waals surface area contributed by atoms with Gasteiger partial charge < -0.3 is 4.74 Å². The molecule has 0 aromatic heterocycles. The van der Waals surface area contributed by atoms with E-state index in [1.807, 2.05) is 59.5 Å². The first kappa shape index (κ1) is 26.0. The Morgan fingerprint density at radius 2 is 1.61 bits per heavy atom. The van der Waals surface area contributed by atoms with Crippen molar-refractivity contribution >= 4 is 38.1 Å². The van der Waals surface area contributed by atoms with Crippen LogP contribution in [0.3, 0.4) is 0 Å². The molecule has 1 saturated heterocycles. The second-order valence-corrected chi connectivity index (χ2v) is 11.1. The summed E-state index contributed by atoms with van der Waals surface area (Å²) in [5, 5.41) is 4.03. The van der Waals surface area contributed by atoms with E-state index in [2.05, 4.69) is 26.5 Å². The van der Waals surface area contributed by atoms with Gasteiger partial charge in [-0.3, -0.25) is 9.69 Å². The number of piperazine rings is 1. The van der Waals surface area contributed by atoms with Crippen molar-refractivity contribution in [2.75, 3.05) is 32.7 Å². The van der Waals surface area contributed by atoms with Gasteiger partial charge in [-0.25, -0.2) is 13.8 Å². The molecule has 0 bridgehead atoms. The van der Waals surface area contributed by atoms with Crippen LogP contribution in [0.25, 0.3) is 0 Å². The molecule has 1 fully saturated rings. The molecule has 1 N–H and O–H groups in total. The molecular weight excluding hydrogens is 544 g/mol. The van der Waals surface area contributed by atoms with E-state index in [0.717, 1.165) is 21.3 Å². The fourth-order valence-corrected chi connectivity index (χ4v) is 5.38. The Kier molecular flexibility index (Phi) is 8.87. The van der Waals surface area contributed by atoms with Crippen molar-refractivity contribution in [3.63, 3.8) is 0 Å². The fourth-order valence-electron chi connectivity index (χ4n) is 3.69. The predicted molar refractivity (Wildman–Crippen MR) is 142 cm³/mol. The first-order valence-electron chi connectivity index (χ1n) is 11.5. The number of carbonyl (C=O) groups excluding carboxylic acids is 1. The Hall–Kier alpha value is -3.05. The van der Waals surface area contributed by atoms with Crippen LogP contribution >= 0.6 is 15.9 Å². The highest BCUT2D eigenvalue weighted by Crippen LogP contribution is 2.20. The molecular formula is C26H27BrN4O4S. The van der Waals surface area contributed by atoms with Crippen molar-refractivity contribution in [3.8, 4) is 5.75 Å². The number of halogens is 1. The molecule has 4 rings (SSSR count). The summed E-state index contributed by atoms with van der Waals surface area (Å²) in [5.41, 5.74) is 4.46. The summed E-state index contributed by atoms with van der Waals surface area (Å²) in [6.07, 6.45) is 1.57. The number of rotatable bonds is 9. The zero-order chi connectivity index (χ0) is 25.4. The van der Waals surface area contributed by atoms with Gasteiger partial charge in [0.1, 0.15) is 12.4 Å². The lowest BCUT2D eigenvalue weighted by molar-refractivity contribution is -0.122. The van der Waals surface area contributed by atoms with Gasteiger partial charge in [0.2, 0.25) is 10.0 Å². The molecule has 8 nitrogen and oxygen atoms in total. The Bertz CT molecular complexity index is 1280. The van der Waals surface area contributed by atoms with Gasteiger partial charge in [0, 0.05) is 30.7 Å². The molecule has 1 heterocycles. The molecule has 0 aliphatic carbocycles. The number of nitrogens with zero attached hydrogens (tertiary/aromatic N) is 3. The standard InChI is InChI=1S/C26H27BrN4O4S/c27-23-8-12-25(13-9-23)36(33,34)31-16-14-30(15-17-31)19-26(32)29-28-18-21-6-10-24(11-7-21)35-20-22-4-2-1-3-5-22/h1-13,18H,14-17,19-20H2,(H,29,32). The monoisotopic (exact) mass is 570 g/mol. The van der Waals surface area contributed by atoms with Crippen LogP contribution in [-0.2, 0) is 21.4 Å². The smallest absolute Gasteiger partial charge is 0.254 e. The van der Waals surface area contributed by atoms with Crippen molar-refractivity contribution < 1.29 is 17.9 Å². The van der Waals surface area contributed by atoms with Crippen LogP contribution in [0.15, 0.2) is 93.3 Å². The molecule has 3 aromatic carbocycles. The number of nitrogens with one attached hydrogen (secondary N) is 1. The maximum absolute atomic E-state index is 12.8. The van der Waals surface area contributed by atoms with E-state index in [1.54, 1.807) is 30.5 Å². The number of benzene rings is 3. The number of sulfonamides is 1. The van der Waals surface area contributed by atoms with E-state index in [4.69, 9.17) is 4.74 Å². The normalized spacial score (nSPS) is 15.1. The highest BCUT2D eigenvalue weighted by Gasteiger charge is 2.28. The summed E-state index contributed by atoms with van der Waals surface area (Å²) < 4.78 is 33.7. The number of hydrogen-bond acceptors (Lipinski definition) is 6. The quantitative estimate of drug-likeness (QED) is 0.314. The Labute approximate surface area is 219 Å². The van der Waals surface area contributed by atoms with Gasteiger partial charge in [-0.05, 0) is 59.7 Å². The lowest BCUT2D eigenvalue weighted by atomic mass is 10.2. The molecule has 0 atom stereocenters. The summed E-state index contributed by atoms with van der Waals surface area (Å²) >= 11 is 3.32. The summed E-state index contributed by atoms with van der Waals surface area (Å²) in [4.78, 5) is 14.5. The van der Waals surface area contributed by atoms with Crippen LogP contribution in [0.5, 0.6) is 5.75 Å². The molecule has 1 aliphatic rings. The largest absolute Gasteiger partial charge is 0.489 e. The summed E-state index contributed by atoms with van der Waals surface area (Å²) in [5.74, 6) is 0.500. The van der Waals surface area contributed by atoms with Crippen molar-refractivity contribution in [1.29, 1.82) is 0 Å². The van der Waals surface area contributed by atoms with Crippen LogP contribution in [0.4, 0.5) is 0 Å². The summed E-state index contributed by atoms with van der Waals surface area (Å²) in [6.45, 7) is 2.24. The highest BCUT2D eigenvalue weighted by atomic mass is 79.9. The fraction of sp³-hybridized carbons (Fsp3) is 0.231. The molecule has 188 valence electrons. The molecule has 0 radical (unpaired) electrons. The average Bonchev–Trinajstić information content (AvgIpc) is 2.89. The van der Waals surface area contributed by atoms with Crippen molar-refractivity contribution in [3.05, 3.63) is 94.5 Å². The first-order valence-corrected chi connectivity index (χ1v) is 13.7. The molecule has 1 amide bonds. The van der Waals surface area contributed by atoms with Gasteiger partial charge in [0.25, 0.3) is 5.91 Å². The zero-order valence-electron chi connectivity index (χ0n) is 19.6. The Balaban J connectivity index is 1.19. The van der Waals surface area contributed by atoms with Gasteiger partial charge >= 0.3 is 0 Å². The average molecular weight is 571 g/mol. The van der Waals surface area contributed by atoms with Crippen molar-refractivity contribution in [1.82, 2.24) is 14.6 Å². The molecule has 0 spiro atoms. The van der Waals surface area contributed by atoms with E-state index in [-0.39, 0.29) is 17.3 Å². The summed E-state index contributed by atoms with van der Waals surface area (Å²) in [6, 6.07) is 24.0. The van der Waals surface area contributed by atoms with Crippen LogP contribution in [0.2, 0.25) is 0 Å². The van der Waals surface area contributed by atoms with Crippen LogP contribution in [0.1, 0.15) is 11.1 Å². The first-order chi connectivity index (χ1) is 17.4. The number of carbonyl (C=O) groups is 1. The predicted octanol–water partition coefficient (Wildman–Crippen LogP) is 3.48. The third-order valence-electron chi connectivity index (χ3n) is 5.68. The van der Waals surface area contributed by atoms with Gasteiger partial charge in [-0.15, -0.1) is 0 Å². The van der Waals surface area contributed by atoms with E-state index in [9.17, 15) is 13.2 Å². The zero-order valence-corrected chi connectivity index (χ0v) is 22.0. The number of hydrazone groups is 1. The number of ether oxygens (including phenoxy) is 1. The minimum atomic E-state index is -3.54. The lowest BCUT2D eigenvalue weighted by Gasteiger charge is -2.33. The second-order valence-electron chi connectivity index (χ2n) is 8.27. The molecule has 0 unspecified atom stereocenters. The number of hydrogen-bond donors (Lipinski definition) is 1. The summed E-state index contributed by atoms with van der Waals surface area (Å²) in [7, 11) is -3.54. The SMILES string of the molecule is O=C(CN1CCN(S(=O)(=O)c2ccc(Br)cc2)CC1)NN=Cc1ccc(OCc2ccccc2)cc1. The van der Waals surface area contributed by atoms with E-state index < -0.39 is 10.0 Å². The number of amides is 1. The van der Waals surface area contributed by atoms with Crippen molar-refractivity contribution in [2.45, 2.75) is 11.5 Å². The van der Waals surface area contributed by atoms with E-state index in [1.165, 1.54) is 4.31 Å². The second kappa shape index (κ2) is 12.3.